The normalized spacial score (nSPS) is 10.6. The third-order valence-electron chi connectivity index (χ3n) is 2.81. The zero-order valence-corrected chi connectivity index (χ0v) is 13.3. The molecular weight excluding hydrogens is 354 g/mol. The summed E-state index contributed by atoms with van der Waals surface area (Å²) in [5.41, 5.74) is 1.69. The number of hydrogen-bond acceptors (Lipinski definition) is 3. The predicted octanol–water partition coefficient (Wildman–Crippen LogP) is 4.26. The Balaban J connectivity index is 1.69. The van der Waals surface area contributed by atoms with Gasteiger partial charge in [0.1, 0.15) is 18.1 Å². The molecule has 0 aliphatic rings. The van der Waals surface area contributed by atoms with Crippen LogP contribution in [-0.4, -0.2) is 15.0 Å². The first-order valence-corrected chi connectivity index (χ1v) is 7.43. The molecule has 0 aliphatic carbocycles. The fraction of sp³-hybridized carbons (Fsp3) is 0.0667. The second kappa shape index (κ2) is 6.28. The van der Waals surface area contributed by atoms with Crippen LogP contribution in [0.25, 0.3) is 5.69 Å². The van der Waals surface area contributed by atoms with Gasteiger partial charge in [0.05, 0.1) is 11.9 Å². The van der Waals surface area contributed by atoms with Crippen molar-refractivity contribution in [3.05, 3.63) is 69.9 Å². The highest BCUT2D eigenvalue weighted by Gasteiger charge is 2.04. The molecule has 6 heteroatoms. The lowest BCUT2D eigenvalue weighted by Crippen LogP contribution is -1.95. The summed E-state index contributed by atoms with van der Waals surface area (Å²) >= 11 is 9.26. The third-order valence-corrected chi connectivity index (χ3v) is 3.56. The molecule has 106 valence electrons. The summed E-state index contributed by atoms with van der Waals surface area (Å²) in [7, 11) is 0. The van der Waals surface area contributed by atoms with E-state index in [0.29, 0.717) is 11.6 Å². The van der Waals surface area contributed by atoms with Crippen molar-refractivity contribution in [3.63, 3.8) is 0 Å². The van der Waals surface area contributed by atoms with Crippen LogP contribution in [0.2, 0.25) is 5.02 Å². The number of nitrogens with zero attached hydrogens (tertiary/aromatic N) is 3. The molecule has 2 aromatic carbocycles. The van der Waals surface area contributed by atoms with Crippen LogP contribution < -0.4 is 4.74 Å². The predicted molar refractivity (Wildman–Crippen MR) is 84.8 cm³/mol. The van der Waals surface area contributed by atoms with Crippen molar-refractivity contribution in [2.24, 2.45) is 0 Å². The van der Waals surface area contributed by atoms with Gasteiger partial charge < -0.3 is 4.74 Å². The van der Waals surface area contributed by atoms with Gasteiger partial charge in [0.15, 0.2) is 0 Å². The Labute approximate surface area is 135 Å². The Morgan fingerprint density at radius 2 is 1.95 bits per heavy atom. The molecule has 0 saturated carbocycles. The maximum absolute atomic E-state index is 5.83. The lowest BCUT2D eigenvalue weighted by Gasteiger charge is -2.03. The van der Waals surface area contributed by atoms with Crippen LogP contribution in [0.1, 0.15) is 5.69 Å². The minimum absolute atomic E-state index is 0.357. The van der Waals surface area contributed by atoms with Gasteiger partial charge in [-0.25, -0.2) is 4.68 Å². The van der Waals surface area contributed by atoms with E-state index in [-0.39, 0.29) is 0 Å². The Morgan fingerprint density at radius 1 is 1.14 bits per heavy atom. The zero-order valence-electron chi connectivity index (χ0n) is 10.9. The maximum atomic E-state index is 5.83. The van der Waals surface area contributed by atoms with Crippen molar-refractivity contribution in [3.8, 4) is 11.4 Å². The molecule has 0 fully saturated rings. The molecule has 0 saturated heterocycles. The van der Waals surface area contributed by atoms with Gasteiger partial charge in [-0.1, -0.05) is 38.8 Å². The maximum Gasteiger partial charge on any atom is 0.134 e. The summed E-state index contributed by atoms with van der Waals surface area (Å²) in [6, 6.07) is 15.1. The highest BCUT2D eigenvalue weighted by atomic mass is 79.9. The fourth-order valence-electron chi connectivity index (χ4n) is 1.80. The second-order valence-corrected chi connectivity index (χ2v) is 5.73. The Morgan fingerprint density at radius 3 is 2.71 bits per heavy atom. The highest BCUT2D eigenvalue weighted by Crippen LogP contribution is 2.17. The standard InChI is InChI=1S/C15H11BrClN3O/c16-11-2-1-3-14(8-11)20-9-13(18-19-20)10-21-15-6-4-12(17)5-7-15/h1-9H,10H2. The van der Waals surface area contributed by atoms with E-state index >= 15 is 0 Å². The Kier molecular flexibility index (Phi) is 4.22. The van der Waals surface area contributed by atoms with Crippen molar-refractivity contribution in [1.29, 1.82) is 0 Å². The molecule has 1 heterocycles. The highest BCUT2D eigenvalue weighted by molar-refractivity contribution is 9.10. The van der Waals surface area contributed by atoms with Crippen LogP contribution in [0.3, 0.4) is 0 Å². The van der Waals surface area contributed by atoms with Gasteiger partial charge in [-0.15, -0.1) is 5.10 Å². The van der Waals surface area contributed by atoms with E-state index in [1.807, 2.05) is 42.6 Å². The number of halogens is 2. The lowest BCUT2D eigenvalue weighted by molar-refractivity contribution is 0.301. The van der Waals surface area contributed by atoms with Crippen LogP contribution in [0.15, 0.2) is 59.2 Å². The monoisotopic (exact) mass is 363 g/mol. The van der Waals surface area contributed by atoms with Gasteiger partial charge in [0.2, 0.25) is 0 Å². The van der Waals surface area contributed by atoms with Crippen LogP contribution >= 0.6 is 27.5 Å². The number of rotatable bonds is 4. The van der Waals surface area contributed by atoms with Gasteiger partial charge in [-0.3, -0.25) is 0 Å². The van der Waals surface area contributed by atoms with Gasteiger partial charge in [0.25, 0.3) is 0 Å². The fourth-order valence-corrected chi connectivity index (χ4v) is 2.31. The summed E-state index contributed by atoms with van der Waals surface area (Å²) in [5, 5.41) is 8.88. The molecule has 0 aliphatic heterocycles. The van der Waals surface area contributed by atoms with Crippen LogP contribution in [0, 0.1) is 0 Å². The zero-order chi connectivity index (χ0) is 14.7. The van der Waals surface area contributed by atoms with Crippen LogP contribution in [0.4, 0.5) is 0 Å². The van der Waals surface area contributed by atoms with E-state index in [1.165, 1.54) is 0 Å². The third kappa shape index (κ3) is 3.62. The lowest BCUT2D eigenvalue weighted by atomic mass is 10.3. The Hall–Kier alpha value is -1.85. The van der Waals surface area contributed by atoms with E-state index in [0.717, 1.165) is 21.6 Å². The van der Waals surface area contributed by atoms with Crippen LogP contribution in [-0.2, 0) is 6.61 Å². The van der Waals surface area contributed by atoms with E-state index in [9.17, 15) is 0 Å². The first kappa shape index (κ1) is 14.1. The summed E-state index contributed by atoms with van der Waals surface area (Å²) in [6.45, 7) is 0.357. The number of ether oxygens (including phenoxy) is 1. The minimum atomic E-state index is 0.357. The van der Waals surface area contributed by atoms with Crippen molar-refractivity contribution in [2.75, 3.05) is 0 Å². The molecule has 3 rings (SSSR count). The van der Waals surface area contributed by atoms with Crippen molar-refractivity contribution in [1.82, 2.24) is 15.0 Å². The summed E-state index contributed by atoms with van der Waals surface area (Å²) in [6.07, 6.45) is 1.84. The minimum Gasteiger partial charge on any atom is -0.487 e. The molecule has 0 N–H and O–H groups in total. The molecule has 3 aromatic rings. The van der Waals surface area contributed by atoms with Gasteiger partial charge >= 0.3 is 0 Å². The molecule has 0 bridgehead atoms. The summed E-state index contributed by atoms with van der Waals surface area (Å²) in [4.78, 5) is 0. The molecule has 1 aromatic heterocycles. The average Bonchev–Trinajstić information content (AvgIpc) is 2.96. The quantitative estimate of drug-likeness (QED) is 0.694. The van der Waals surface area contributed by atoms with Crippen molar-refractivity contribution in [2.45, 2.75) is 6.61 Å². The molecular formula is C15H11BrClN3O. The largest absolute Gasteiger partial charge is 0.487 e. The first-order valence-electron chi connectivity index (χ1n) is 6.26. The molecule has 21 heavy (non-hydrogen) atoms. The summed E-state index contributed by atoms with van der Waals surface area (Å²) in [5.74, 6) is 0.747. The Bertz CT molecular complexity index is 743. The van der Waals surface area contributed by atoms with E-state index in [2.05, 4.69) is 26.2 Å². The van der Waals surface area contributed by atoms with Gasteiger partial charge in [0, 0.05) is 9.50 Å². The molecule has 0 radical (unpaired) electrons. The number of hydrogen-bond donors (Lipinski definition) is 0. The number of aromatic nitrogens is 3. The molecule has 0 unspecified atom stereocenters. The van der Waals surface area contributed by atoms with Crippen LogP contribution in [0.5, 0.6) is 5.75 Å². The van der Waals surface area contributed by atoms with Gasteiger partial charge in [-0.2, -0.15) is 0 Å². The smallest absolute Gasteiger partial charge is 0.134 e. The van der Waals surface area contributed by atoms with E-state index in [1.54, 1.807) is 16.8 Å². The van der Waals surface area contributed by atoms with Crippen molar-refractivity contribution >= 4 is 27.5 Å². The molecule has 0 amide bonds. The number of benzene rings is 2. The average molecular weight is 365 g/mol. The molecule has 4 nitrogen and oxygen atoms in total. The topological polar surface area (TPSA) is 39.9 Å². The molecule has 0 atom stereocenters. The first-order chi connectivity index (χ1) is 10.2. The van der Waals surface area contributed by atoms with E-state index < -0.39 is 0 Å². The van der Waals surface area contributed by atoms with Crippen molar-refractivity contribution < 1.29 is 4.74 Å². The van der Waals surface area contributed by atoms with Gasteiger partial charge in [-0.05, 0) is 42.5 Å². The summed E-state index contributed by atoms with van der Waals surface area (Å²) < 4.78 is 8.34. The second-order valence-electron chi connectivity index (χ2n) is 4.38. The van der Waals surface area contributed by atoms with E-state index in [4.69, 9.17) is 16.3 Å². The molecule has 0 spiro atoms. The SMILES string of the molecule is Clc1ccc(OCc2cn(-c3cccc(Br)c3)nn2)cc1.